The summed E-state index contributed by atoms with van der Waals surface area (Å²) in [7, 11) is 3.87. The fourth-order valence-corrected chi connectivity index (χ4v) is 17.2. The number of hydrogen-bond acceptors (Lipinski definition) is 24. The molecule has 0 unspecified atom stereocenters. The van der Waals surface area contributed by atoms with E-state index in [0.29, 0.717) is 96.7 Å². The van der Waals surface area contributed by atoms with Crippen LogP contribution in [-0.2, 0) is 67.4 Å². The second-order valence-corrected chi connectivity index (χ2v) is 33.7. The molecule has 3 aliphatic rings. The van der Waals surface area contributed by atoms with Gasteiger partial charge < -0.3 is 50.7 Å². The molecule has 0 saturated carbocycles. The van der Waals surface area contributed by atoms with Crippen molar-refractivity contribution in [1.82, 2.24) is 97.6 Å². The number of pyridine rings is 1. The number of carboxylic acids is 6. The number of anilines is 3. The minimum atomic E-state index is -1.17. The number of aromatic amines is 1. The maximum atomic E-state index is 14.1. The van der Waals surface area contributed by atoms with Crippen molar-refractivity contribution in [3.63, 3.8) is 0 Å². The van der Waals surface area contributed by atoms with E-state index in [1.807, 2.05) is 151 Å². The van der Waals surface area contributed by atoms with Gasteiger partial charge in [-0.1, -0.05) is 77.9 Å². The zero-order chi connectivity index (χ0) is 101. The molecule has 14 aromatic heterocycles. The van der Waals surface area contributed by atoms with E-state index >= 15 is 0 Å². The lowest BCUT2D eigenvalue weighted by Gasteiger charge is -2.11. The number of aromatic nitrogens is 20. The molecule has 0 saturated heterocycles. The Balaban J connectivity index is 0.000000114. The van der Waals surface area contributed by atoms with E-state index in [1.54, 1.807) is 77.1 Å². The number of carbonyl (C=O) groups is 8. The Hall–Kier alpha value is -19.1. The number of halogens is 1. The monoisotopic (exact) mass is 1930 g/mol. The van der Waals surface area contributed by atoms with Gasteiger partial charge >= 0.3 is 35.8 Å². The van der Waals surface area contributed by atoms with Crippen LogP contribution in [0.15, 0.2) is 213 Å². The van der Waals surface area contributed by atoms with Gasteiger partial charge in [-0.2, -0.15) is 30.6 Å². The fraction of sp³-hybridized carbons (Fsp3) is 0.175. The molecular weight excluding hydrogens is 1850 g/mol. The molecular formula is C103H87FN24O16. The summed E-state index contributed by atoms with van der Waals surface area (Å²) < 4.78 is 24.1. The number of carbonyl (C=O) groups excluding carboxylic acids is 2. The first-order chi connectivity index (χ1) is 69.3. The zero-order valence-electron chi connectivity index (χ0n) is 78.3. The van der Waals surface area contributed by atoms with Crippen molar-refractivity contribution in [2.75, 3.05) is 35.8 Å². The third kappa shape index (κ3) is 19.1. The Bertz CT molecular complexity index is 8690. The first-order valence-electron chi connectivity index (χ1n) is 45.6. The number of rotatable bonds is 19. The Morgan fingerprint density at radius 3 is 1.17 bits per heavy atom. The van der Waals surface area contributed by atoms with Crippen LogP contribution in [0, 0.1) is 15.9 Å². The molecule has 0 spiro atoms. The molecule has 722 valence electrons. The van der Waals surface area contributed by atoms with Crippen LogP contribution in [0.5, 0.6) is 0 Å². The van der Waals surface area contributed by atoms with Crippen LogP contribution in [0.25, 0.3) is 123 Å². The number of benzene rings is 6. The minimum absolute atomic E-state index is 0.00884. The van der Waals surface area contributed by atoms with Crippen LogP contribution < -0.4 is 15.1 Å². The summed E-state index contributed by atoms with van der Waals surface area (Å²) in [6, 6.07) is 58.6. The van der Waals surface area contributed by atoms with Crippen LogP contribution in [0.1, 0.15) is 155 Å². The van der Waals surface area contributed by atoms with Crippen LogP contribution in [0.4, 0.5) is 27.1 Å². The highest BCUT2D eigenvalue weighted by Gasteiger charge is 2.29. The predicted molar refractivity (Wildman–Crippen MR) is 529 cm³/mol. The van der Waals surface area contributed by atoms with Gasteiger partial charge in [0.1, 0.15) is 5.82 Å². The van der Waals surface area contributed by atoms with Crippen molar-refractivity contribution in [2.45, 2.75) is 99.3 Å². The molecule has 23 rings (SSSR count). The highest BCUT2D eigenvalue weighted by molar-refractivity contribution is 6.02. The second kappa shape index (κ2) is 39.4. The number of fused-ring (bicyclic) bond motifs is 11. The molecule has 8 N–H and O–H groups in total. The summed E-state index contributed by atoms with van der Waals surface area (Å²) in [5.74, 6) is -7.10. The van der Waals surface area contributed by atoms with Crippen molar-refractivity contribution in [3.05, 3.63) is 314 Å². The van der Waals surface area contributed by atoms with Crippen molar-refractivity contribution in [1.29, 1.82) is 0 Å². The number of aryl methyl sites for hydroxylation is 6. The maximum Gasteiger partial charge on any atom is 0.354 e. The summed E-state index contributed by atoms with van der Waals surface area (Å²) in [4.78, 5) is 137. The highest BCUT2D eigenvalue weighted by Crippen LogP contribution is 2.37. The van der Waals surface area contributed by atoms with Crippen LogP contribution in [-0.4, -0.2) is 201 Å². The summed E-state index contributed by atoms with van der Waals surface area (Å²) >= 11 is 0. The number of likely N-dealkylation sites (N-methyl/N-ethyl adjacent to an activating group) is 2. The minimum Gasteiger partial charge on any atom is -0.477 e. The Kier molecular flexibility index (Phi) is 26.1. The van der Waals surface area contributed by atoms with E-state index < -0.39 is 46.6 Å². The first-order valence-corrected chi connectivity index (χ1v) is 45.6. The third-order valence-corrected chi connectivity index (χ3v) is 24.7. The molecule has 17 heterocycles. The lowest BCUT2D eigenvalue weighted by Crippen LogP contribution is -2.20. The fourth-order valence-electron chi connectivity index (χ4n) is 17.2. The van der Waals surface area contributed by atoms with Gasteiger partial charge in [0.15, 0.2) is 68.0 Å². The number of H-pyrrole nitrogens is 1. The summed E-state index contributed by atoms with van der Waals surface area (Å²) in [6.45, 7) is 12.7. The molecule has 3 aliphatic heterocycles. The average Bonchev–Trinajstić information content (AvgIpc) is 1.55. The largest absolute Gasteiger partial charge is 0.477 e. The maximum absolute atomic E-state index is 14.1. The summed E-state index contributed by atoms with van der Waals surface area (Å²) in [5.41, 5.74) is 24.2. The molecule has 144 heavy (non-hydrogen) atoms. The summed E-state index contributed by atoms with van der Waals surface area (Å²) in [5, 5.41) is 98.0. The average molecular weight is 1940 g/mol. The molecule has 41 heteroatoms. The quantitative estimate of drug-likeness (QED) is 0.0275. The van der Waals surface area contributed by atoms with Gasteiger partial charge in [0.05, 0.1) is 63.5 Å². The normalized spacial score (nSPS) is 12.3. The van der Waals surface area contributed by atoms with Gasteiger partial charge in [0, 0.05) is 176 Å². The van der Waals surface area contributed by atoms with Crippen molar-refractivity contribution in [3.8, 4) is 67.5 Å². The van der Waals surface area contributed by atoms with Crippen LogP contribution in [0.2, 0.25) is 0 Å². The van der Waals surface area contributed by atoms with Crippen molar-refractivity contribution in [2.24, 2.45) is 0 Å². The molecule has 0 fully saturated rings. The Labute approximate surface area is 813 Å². The van der Waals surface area contributed by atoms with E-state index in [0.717, 1.165) is 137 Å². The van der Waals surface area contributed by atoms with E-state index in [9.17, 15) is 78.4 Å². The number of nitro benzene ring substituents is 1. The number of aromatic carboxylic acids is 6. The van der Waals surface area contributed by atoms with Gasteiger partial charge in [-0.25, -0.2) is 90.2 Å². The van der Waals surface area contributed by atoms with Gasteiger partial charge in [-0.05, 0) is 177 Å². The molecule has 0 radical (unpaired) electrons. The molecule has 2 amide bonds. The molecule has 40 nitrogen and oxygen atoms in total. The van der Waals surface area contributed by atoms with Gasteiger partial charge in [-0.15, -0.1) is 0 Å². The molecule has 0 bridgehead atoms. The number of hydrogen-bond donors (Lipinski definition) is 8. The SMILES string of the molecule is CCc1cc(C(=O)O)nc2cc(-c3ccc([N+](=O)[O-])cc3F)nn12.CCc1cc(C(=O)O)nc2cc(-c3ccc4[nH]ccc4c3)nn12.CCc1cc(C(=O)O)nc2cc(-c3ccc4c(c3)CC(=O)N4)nn12.CCc1cc(C(=O)O)nc2cc(-c3ccc4c(c3)CC(=O)N4C)nn12.CCc1cc(C(=O)O)nc2cc(-c3ccc4c(c3)CCN4C)nn12.CCc1cc(C(=O)O)nc2cc(-c3ccc4ncccc4c3)nn12. The zero-order valence-corrected chi connectivity index (χ0v) is 78.3. The van der Waals surface area contributed by atoms with E-state index in [4.69, 9.17) is 5.11 Å². The standard InChI is InChI=1S/C18H16N4O3.C18H18N4O2.C18H14N4O2.C17H14N4O3.C17H14N4O2.C15H11FN4O4/c1-3-12-8-14(18(24)25)19-16-9-13(20-22(12)16)10-4-5-15-11(6-10)7-17(23)21(15)2;1-3-13-9-15(18(23)24)19-17-10-14(20-22(13)17)11-4-5-16-12(8-11)6-7-21(16)2;1-2-13-9-16(18(23)24)20-17-10-15(21-22(13)17)12-5-6-14-11(8-12)4-3-7-19-14;1-2-11-7-14(17(23)24)18-15-8-13(20-21(11)15)9-3-4-12-10(5-9)6-16(22)19-12;1-2-12-8-15(17(22)23)19-16-9-14(20-21(12)16)10-3-4-13-11(7-10)5-6-18-13;1-2-8-6-13(15(21)22)17-14-7-12(18-19(8)14)10-4-3-9(20(23)24)5-11(10)16/h4-6,8-9H,3,7H2,1-2H3,(H,24,25);4-5,8-10H,3,6-7H2,1-2H3,(H,23,24);3-10H,2H2,1H3,(H,23,24);3-5,7-8H,2,6H2,1H3,(H,19,22)(H,23,24);3-9,18H,2H2,1H3,(H,22,23);3-7H,2H2,1H3,(H,21,22). The van der Waals surface area contributed by atoms with E-state index in [1.165, 1.54) is 46.1 Å². The van der Waals surface area contributed by atoms with Gasteiger partial charge in [-0.3, -0.25) is 24.7 Å². The summed E-state index contributed by atoms with van der Waals surface area (Å²) in [6.07, 6.45) is 9.26. The van der Waals surface area contributed by atoms with Gasteiger partial charge in [0.25, 0.3) is 5.69 Å². The number of nitro groups is 1. The van der Waals surface area contributed by atoms with Crippen molar-refractivity contribution < 1.29 is 78.3 Å². The smallest absolute Gasteiger partial charge is 0.354 e. The topological polar surface area (TPSA) is 529 Å². The van der Waals surface area contributed by atoms with Gasteiger partial charge in [0.2, 0.25) is 11.8 Å². The number of amides is 2. The lowest BCUT2D eigenvalue weighted by molar-refractivity contribution is -0.385. The number of carboxylic acid groups (broad SMARTS) is 6. The number of nitrogens with zero attached hydrogens (tertiary/aromatic N) is 22. The second-order valence-electron chi connectivity index (χ2n) is 33.7. The van der Waals surface area contributed by atoms with E-state index in [-0.39, 0.29) is 68.6 Å². The predicted octanol–water partition coefficient (Wildman–Crippen LogP) is 16.0. The molecule has 0 aliphatic carbocycles. The first kappa shape index (κ1) is 95.2. The van der Waals surface area contributed by atoms with Crippen molar-refractivity contribution >= 4 is 126 Å². The third-order valence-electron chi connectivity index (χ3n) is 24.7. The Morgan fingerprint density at radius 1 is 0.396 bits per heavy atom. The molecule has 0 atom stereocenters. The van der Waals surface area contributed by atoms with Crippen LogP contribution in [0.3, 0.4) is 0 Å². The number of nitrogens with one attached hydrogen (secondary N) is 2. The number of non-ortho nitro benzene ring substituents is 1. The Morgan fingerprint density at radius 2 is 0.764 bits per heavy atom. The lowest BCUT2D eigenvalue weighted by atomic mass is 10.1. The van der Waals surface area contributed by atoms with Crippen LogP contribution >= 0.6 is 0 Å². The molecule has 6 aromatic carbocycles. The van der Waals surface area contributed by atoms with E-state index in [2.05, 4.69) is 112 Å². The highest BCUT2D eigenvalue weighted by atomic mass is 19.1. The molecule has 20 aromatic rings.